The second-order valence-corrected chi connectivity index (χ2v) is 12.6. The Labute approximate surface area is 301 Å². The van der Waals surface area contributed by atoms with Crippen LogP contribution in [0.1, 0.15) is 26.7 Å². The van der Waals surface area contributed by atoms with Gasteiger partial charge in [0.25, 0.3) is 11.8 Å². The summed E-state index contributed by atoms with van der Waals surface area (Å²) in [6.45, 7) is 0. The number of nitrogens with one attached hydrogen (secondary N) is 3. The SMILES string of the molecule is COc1ccc(NC(=O)C(Sc2ccc(NC(=O)/C(=C/c3ccc(-c4ccccc4)cc3)NC(=O)c3ccccc3)cc2)c2ccccc2)cc1. The molecule has 252 valence electrons. The first-order valence-corrected chi connectivity index (χ1v) is 17.1. The normalized spacial score (nSPS) is 11.6. The minimum absolute atomic E-state index is 0.0918. The van der Waals surface area contributed by atoms with Crippen LogP contribution in [0.5, 0.6) is 5.75 Å². The smallest absolute Gasteiger partial charge is 0.272 e. The molecular formula is C43H35N3O4S. The molecular weight excluding hydrogens is 655 g/mol. The number of hydrogen-bond donors (Lipinski definition) is 3. The topological polar surface area (TPSA) is 96.5 Å². The molecule has 0 saturated heterocycles. The van der Waals surface area contributed by atoms with Gasteiger partial charge in [0.2, 0.25) is 5.91 Å². The number of thioether (sulfide) groups is 1. The third-order valence-electron chi connectivity index (χ3n) is 7.92. The zero-order valence-electron chi connectivity index (χ0n) is 27.8. The minimum Gasteiger partial charge on any atom is -0.497 e. The molecule has 0 aliphatic rings. The van der Waals surface area contributed by atoms with Gasteiger partial charge in [-0.1, -0.05) is 103 Å². The molecule has 0 radical (unpaired) electrons. The van der Waals surface area contributed by atoms with Gasteiger partial charge in [-0.25, -0.2) is 0 Å². The summed E-state index contributed by atoms with van der Waals surface area (Å²) in [6.07, 6.45) is 1.65. The van der Waals surface area contributed by atoms with Gasteiger partial charge < -0.3 is 20.7 Å². The number of hydrogen-bond acceptors (Lipinski definition) is 5. The first-order valence-electron chi connectivity index (χ1n) is 16.3. The van der Waals surface area contributed by atoms with Crippen molar-refractivity contribution in [1.29, 1.82) is 0 Å². The first kappa shape index (κ1) is 34.5. The van der Waals surface area contributed by atoms with Gasteiger partial charge in [-0.15, -0.1) is 11.8 Å². The highest BCUT2D eigenvalue weighted by Gasteiger charge is 2.23. The maximum Gasteiger partial charge on any atom is 0.272 e. The van der Waals surface area contributed by atoms with E-state index >= 15 is 0 Å². The molecule has 1 atom stereocenters. The molecule has 3 amide bonds. The number of methoxy groups -OCH3 is 1. The minimum atomic E-state index is -0.537. The summed E-state index contributed by atoms with van der Waals surface area (Å²) < 4.78 is 5.23. The number of carbonyl (C=O) groups excluding carboxylic acids is 3. The van der Waals surface area contributed by atoms with Gasteiger partial charge >= 0.3 is 0 Å². The number of rotatable bonds is 12. The van der Waals surface area contributed by atoms with Gasteiger partial charge in [-0.2, -0.15) is 0 Å². The lowest BCUT2D eigenvalue weighted by Gasteiger charge is -2.18. The fourth-order valence-electron chi connectivity index (χ4n) is 5.25. The van der Waals surface area contributed by atoms with E-state index in [0.717, 1.165) is 27.1 Å². The zero-order valence-corrected chi connectivity index (χ0v) is 28.6. The van der Waals surface area contributed by atoms with E-state index in [0.29, 0.717) is 22.7 Å². The van der Waals surface area contributed by atoms with Crippen molar-refractivity contribution in [2.75, 3.05) is 17.7 Å². The highest BCUT2D eigenvalue weighted by molar-refractivity contribution is 8.00. The van der Waals surface area contributed by atoms with Crippen molar-refractivity contribution in [2.45, 2.75) is 10.1 Å². The summed E-state index contributed by atoms with van der Waals surface area (Å²) in [6, 6.07) is 50.5. The summed E-state index contributed by atoms with van der Waals surface area (Å²) in [5.74, 6) is -0.347. The first-order chi connectivity index (χ1) is 24.9. The van der Waals surface area contributed by atoms with Crippen LogP contribution in [0.3, 0.4) is 0 Å². The molecule has 7 nitrogen and oxygen atoms in total. The van der Waals surface area contributed by atoms with Crippen LogP contribution in [0.4, 0.5) is 11.4 Å². The highest BCUT2D eigenvalue weighted by Crippen LogP contribution is 2.37. The van der Waals surface area contributed by atoms with E-state index in [1.165, 1.54) is 11.8 Å². The Kier molecular flexibility index (Phi) is 11.4. The molecule has 0 spiro atoms. The van der Waals surface area contributed by atoms with E-state index in [9.17, 15) is 14.4 Å². The van der Waals surface area contributed by atoms with E-state index in [2.05, 4.69) is 16.0 Å². The number of ether oxygens (including phenoxy) is 1. The van der Waals surface area contributed by atoms with Crippen molar-refractivity contribution in [3.8, 4) is 16.9 Å². The van der Waals surface area contributed by atoms with Crippen LogP contribution < -0.4 is 20.7 Å². The van der Waals surface area contributed by atoms with E-state index in [4.69, 9.17) is 4.74 Å². The average Bonchev–Trinajstić information content (AvgIpc) is 3.19. The Hall–Kier alpha value is -6.38. The Morgan fingerprint density at radius 3 is 1.78 bits per heavy atom. The average molecular weight is 690 g/mol. The molecule has 6 rings (SSSR count). The van der Waals surface area contributed by atoms with Crippen LogP contribution in [0, 0.1) is 0 Å². The summed E-state index contributed by atoms with van der Waals surface area (Å²) in [4.78, 5) is 41.2. The van der Waals surface area contributed by atoms with Gasteiger partial charge in [-0.3, -0.25) is 14.4 Å². The lowest BCUT2D eigenvalue weighted by molar-refractivity contribution is -0.116. The van der Waals surface area contributed by atoms with Gasteiger partial charge in [0.05, 0.1) is 7.11 Å². The number of amides is 3. The standard InChI is InChI=1S/C43H35N3O4S/c1-50-37-25-21-35(22-26-37)45-43(49)40(33-13-7-3-8-14-33)51-38-27-23-36(24-28-38)44-42(48)39(46-41(47)34-15-9-4-10-16-34)29-30-17-19-32(20-18-30)31-11-5-2-6-12-31/h2-29,40H,1H3,(H,44,48)(H,45,49)(H,46,47)/b39-29-. The third-order valence-corrected chi connectivity index (χ3v) is 9.19. The van der Waals surface area contributed by atoms with Gasteiger partial charge in [0.15, 0.2) is 0 Å². The molecule has 6 aromatic rings. The van der Waals surface area contributed by atoms with Crippen LogP contribution in [-0.4, -0.2) is 24.8 Å². The monoisotopic (exact) mass is 689 g/mol. The summed E-state index contributed by atoms with van der Waals surface area (Å²) in [7, 11) is 1.60. The van der Waals surface area contributed by atoms with Crippen LogP contribution in [0.25, 0.3) is 17.2 Å². The van der Waals surface area contributed by atoms with Gasteiger partial charge in [-0.05, 0) is 89.0 Å². The van der Waals surface area contributed by atoms with Crippen molar-refractivity contribution in [3.05, 3.63) is 186 Å². The largest absolute Gasteiger partial charge is 0.497 e. The molecule has 0 aromatic heterocycles. The molecule has 0 saturated carbocycles. The summed E-state index contributed by atoms with van der Waals surface area (Å²) in [5, 5.41) is 8.18. The van der Waals surface area contributed by atoms with Crippen molar-refractivity contribution >= 4 is 46.9 Å². The molecule has 0 fully saturated rings. The molecule has 3 N–H and O–H groups in total. The van der Waals surface area contributed by atoms with E-state index in [1.54, 1.807) is 73.8 Å². The molecule has 8 heteroatoms. The quantitative estimate of drug-likeness (QED) is 0.0880. The molecule has 1 unspecified atom stereocenters. The van der Waals surface area contributed by atoms with E-state index in [1.807, 2.05) is 103 Å². The maximum absolute atomic E-state index is 13.7. The number of carbonyl (C=O) groups is 3. The molecule has 0 heterocycles. The Bertz CT molecular complexity index is 2100. The Morgan fingerprint density at radius 2 is 1.16 bits per heavy atom. The van der Waals surface area contributed by atoms with E-state index < -0.39 is 17.1 Å². The van der Waals surface area contributed by atoms with Crippen molar-refractivity contribution < 1.29 is 19.1 Å². The van der Waals surface area contributed by atoms with Crippen LogP contribution in [0.15, 0.2) is 174 Å². The summed E-state index contributed by atoms with van der Waals surface area (Å²) in [5.41, 5.74) is 5.44. The predicted octanol–water partition coefficient (Wildman–Crippen LogP) is 9.24. The Balaban J connectivity index is 1.19. The van der Waals surface area contributed by atoms with Gasteiger partial charge in [0, 0.05) is 21.8 Å². The van der Waals surface area contributed by atoms with Crippen molar-refractivity contribution in [3.63, 3.8) is 0 Å². The second-order valence-electron chi connectivity index (χ2n) is 11.5. The second kappa shape index (κ2) is 16.8. The third kappa shape index (κ3) is 9.41. The lowest BCUT2D eigenvalue weighted by Crippen LogP contribution is -2.30. The molecule has 0 bridgehead atoms. The Morgan fingerprint density at radius 1 is 0.608 bits per heavy atom. The van der Waals surface area contributed by atoms with Crippen LogP contribution in [-0.2, 0) is 9.59 Å². The predicted molar refractivity (Wildman–Crippen MR) is 205 cm³/mol. The molecule has 51 heavy (non-hydrogen) atoms. The maximum atomic E-state index is 13.7. The number of benzene rings is 6. The number of anilines is 2. The van der Waals surface area contributed by atoms with E-state index in [-0.39, 0.29) is 11.6 Å². The highest BCUT2D eigenvalue weighted by atomic mass is 32.2. The van der Waals surface area contributed by atoms with Crippen molar-refractivity contribution in [2.24, 2.45) is 0 Å². The zero-order chi connectivity index (χ0) is 35.4. The fraction of sp³-hybridized carbons (Fsp3) is 0.0465. The fourth-order valence-corrected chi connectivity index (χ4v) is 6.27. The van der Waals surface area contributed by atoms with Crippen LogP contribution >= 0.6 is 11.8 Å². The molecule has 6 aromatic carbocycles. The van der Waals surface area contributed by atoms with Crippen molar-refractivity contribution in [1.82, 2.24) is 5.32 Å². The summed E-state index contributed by atoms with van der Waals surface area (Å²) >= 11 is 1.40. The van der Waals surface area contributed by atoms with Crippen LogP contribution in [0.2, 0.25) is 0 Å². The lowest BCUT2D eigenvalue weighted by atomic mass is 10.0. The molecule has 0 aliphatic carbocycles. The molecule has 0 aliphatic heterocycles. The van der Waals surface area contributed by atoms with Gasteiger partial charge in [0.1, 0.15) is 16.7 Å².